The maximum atomic E-state index is 12.4. The van der Waals surface area contributed by atoms with Gasteiger partial charge in [-0.15, -0.1) is 0 Å². The molecule has 0 radical (unpaired) electrons. The van der Waals surface area contributed by atoms with Crippen molar-refractivity contribution in [2.45, 2.75) is 17.9 Å². The predicted octanol–water partition coefficient (Wildman–Crippen LogP) is 2.99. The van der Waals surface area contributed by atoms with Crippen LogP contribution in [-0.4, -0.2) is 37.6 Å². The predicted molar refractivity (Wildman–Crippen MR) is 101 cm³/mol. The van der Waals surface area contributed by atoms with Crippen molar-refractivity contribution in [2.24, 2.45) is 0 Å². The number of benzene rings is 2. The molecule has 1 atom stereocenters. The number of nitro groups is 1. The highest BCUT2D eigenvalue weighted by Crippen LogP contribution is 2.24. The zero-order valence-corrected chi connectivity index (χ0v) is 16.4. The first-order valence-corrected chi connectivity index (χ1v) is 9.63. The van der Waals surface area contributed by atoms with Crippen molar-refractivity contribution >= 4 is 33.2 Å². The lowest BCUT2D eigenvalue weighted by atomic mass is 10.1. The summed E-state index contributed by atoms with van der Waals surface area (Å²) in [5.74, 6) is -0.493. The Morgan fingerprint density at radius 3 is 2.26 bits per heavy atom. The highest BCUT2D eigenvalue weighted by Gasteiger charge is 2.19. The van der Waals surface area contributed by atoms with Gasteiger partial charge in [0.2, 0.25) is 10.0 Å². The van der Waals surface area contributed by atoms with Crippen LogP contribution in [0.15, 0.2) is 47.4 Å². The molecule has 0 saturated carbocycles. The number of nitrogens with one attached hydrogen (secondary N) is 1. The summed E-state index contributed by atoms with van der Waals surface area (Å²) in [7, 11) is -0.640. The molecule has 2 aromatic rings. The summed E-state index contributed by atoms with van der Waals surface area (Å²) in [4.78, 5) is 22.7. The fourth-order valence-corrected chi connectivity index (χ4v) is 3.46. The van der Waals surface area contributed by atoms with Crippen LogP contribution in [0, 0.1) is 10.1 Å². The van der Waals surface area contributed by atoms with Crippen LogP contribution in [0.5, 0.6) is 0 Å². The normalized spacial score (nSPS) is 12.6. The van der Waals surface area contributed by atoms with Crippen LogP contribution in [0.3, 0.4) is 0 Å². The van der Waals surface area contributed by atoms with Crippen LogP contribution < -0.4 is 5.32 Å². The van der Waals surface area contributed by atoms with Gasteiger partial charge in [-0.25, -0.2) is 12.7 Å². The average molecular weight is 412 g/mol. The van der Waals surface area contributed by atoms with Crippen LogP contribution in [0.25, 0.3) is 0 Å². The number of hydrogen-bond acceptors (Lipinski definition) is 5. The monoisotopic (exact) mass is 411 g/mol. The molecule has 1 unspecified atom stereocenters. The molecular formula is C17H18ClN3O5S. The summed E-state index contributed by atoms with van der Waals surface area (Å²) >= 11 is 5.96. The maximum absolute atomic E-state index is 12.4. The lowest BCUT2D eigenvalue weighted by molar-refractivity contribution is -0.384. The van der Waals surface area contributed by atoms with Crippen LogP contribution in [-0.2, 0) is 10.0 Å². The third-order valence-corrected chi connectivity index (χ3v) is 6.06. The Kier molecular flexibility index (Phi) is 6.19. The van der Waals surface area contributed by atoms with E-state index < -0.39 is 26.9 Å². The molecular weight excluding hydrogens is 394 g/mol. The highest BCUT2D eigenvalue weighted by molar-refractivity contribution is 7.89. The second-order valence-electron chi connectivity index (χ2n) is 5.97. The van der Waals surface area contributed by atoms with Crippen LogP contribution in [0.2, 0.25) is 5.02 Å². The number of carbonyl (C=O) groups is 1. The Morgan fingerprint density at radius 2 is 1.78 bits per heavy atom. The number of non-ortho nitro benzene ring substituents is 1. The Balaban J connectivity index is 2.16. The van der Waals surface area contributed by atoms with Crippen molar-refractivity contribution < 1.29 is 18.1 Å². The molecule has 2 aromatic carbocycles. The lowest BCUT2D eigenvalue weighted by Crippen LogP contribution is -2.27. The molecule has 2 rings (SSSR count). The van der Waals surface area contributed by atoms with E-state index in [1.54, 1.807) is 19.1 Å². The lowest BCUT2D eigenvalue weighted by Gasteiger charge is -2.16. The SMILES string of the molecule is CC(NC(=O)c1ccc([N+](=O)[O-])cc1Cl)c1ccc(S(=O)(=O)N(C)C)cc1. The molecule has 1 amide bonds. The fraction of sp³-hybridized carbons (Fsp3) is 0.235. The molecule has 0 aliphatic carbocycles. The van der Waals surface area contributed by atoms with Gasteiger partial charge in [0.05, 0.1) is 26.4 Å². The Labute approximate surface area is 162 Å². The molecule has 0 bridgehead atoms. The summed E-state index contributed by atoms with van der Waals surface area (Å²) in [5.41, 5.74) is 0.599. The van der Waals surface area contributed by atoms with E-state index in [-0.39, 0.29) is 21.2 Å². The summed E-state index contributed by atoms with van der Waals surface area (Å²) in [6.45, 7) is 1.73. The van der Waals surface area contributed by atoms with Gasteiger partial charge in [0.1, 0.15) is 0 Å². The Morgan fingerprint density at radius 1 is 1.19 bits per heavy atom. The van der Waals surface area contributed by atoms with Gasteiger partial charge in [-0.3, -0.25) is 14.9 Å². The molecule has 0 heterocycles. The molecule has 10 heteroatoms. The van der Waals surface area contributed by atoms with Crippen molar-refractivity contribution in [1.82, 2.24) is 9.62 Å². The zero-order valence-electron chi connectivity index (χ0n) is 14.8. The fourth-order valence-electron chi connectivity index (χ4n) is 2.30. The van der Waals surface area contributed by atoms with Gasteiger partial charge in [-0.05, 0) is 30.7 Å². The van der Waals surface area contributed by atoms with Gasteiger partial charge >= 0.3 is 0 Å². The van der Waals surface area contributed by atoms with E-state index in [1.807, 2.05) is 0 Å². The summed E-state index contributed by atoms with van der Waals surface area (Å²) < 4.78 is 25.3. The maximum Gasteiger partial charge on any atom is 0.270 e. The summed E-state index contributed by atoms with van der Waals surface area (Å²) in [6, 6.07) is 9.32. The number of nitrogens with zero attached hydrogens (tertiary/aromatic N) is 2. The minimum absolute atomic E-state index is 0.0266. The van der Waals surface area contributed by atoms with E-state index in [1.165, 1.54) is 38.4 Å². The van der Waals surface area contributed by atoms with Crippen molar-refractivity contribution in [2.75, 3.05) is 14.1 Å². The second kappa shape index (κ2) is 8.03. The van der Waals surface area contributed by atoms with Crippen LogP contribution in [0.4, 0.5) is 5.69 Å². The number of carbonyl (C=O) groups excluding carboxylic acids is 1. The van der Waals surface area contributed by atoms with Gasteiger partial charge in [0, 0.05) is 26.2 Å². The third kappa shape index (κ3) is 4.62. The number of sulfonamides is 1. The number of amides is 1. The largest absolute Gasteiger partial charge is 0.345 e. The molecule has 0 aromatic heterocycles. The van der Waals surface area contributed by atoms with Gasteiger partial charge < -0.3 is 5.32 Å². The minimum atomic E-state index is -3.53. The van der Waals surface area contributed by atoms with Gasteiger partial charge in [0.15, 0.2) is 0 Å². The van der Waals surface area contributed by atoms with E-state index in [2.05, 4.69) is 5.32 Å². The molecule has 0 saturated heterocycles. The van der Waals surface area contributed by atoms with E-state index in [4.69, 9.17) is 11.6 Å². The average Bonchev–Trinajstić information content (AvgIpc) is 2.61. The molecule has 0 fully saturated rings. The summed E-state index contributed by atoms with van der Waals surface area (Å²) in [6.07, 6.45) is 0. The van der Waals surface area contributed by atoms with Crippen molar-refractivity contribution in [3.8, 4) is 0 Å². The molecule has 0 aliphatic rings. The van der Waals surface area contributed by atoms with Crippen molar-refractivity contribution in [3.63, 3.8) is 0 Å². The number of halogens is 1. The number of nitro benzene ring substituents is 1. The molecule has 0 spiro atoms. The molecule has 0 aliphatic heterocycles. The molecule has 1 N–H and O–H groups in total. The van der Waals surface area contributed by atoms with Crippen molar-refractivity contribution in [1.29, 1.82) is 0 Å². The Hall–Kier alpha value is -2.49. The smallest absolute Gasteiger partial charge is 0.270 e. The quantitative estimate of drug-likeness (QED) is 0.580. The molecule has 8 nitrogen and oxygen atoms in total. The first kappa shape index (κ1) is 20.8. The number of rotatable bonds is 6. The first-order chi connectivity index (χ1) is 12.5. The van der Waals surface area contributed by atoms with Crippen LogP contribution >= 0.6 is 11.6 Å². The standard InChI is InChI=1S/C17H18ClN3O5S/c1-11(12-4-7-14(8-5-12)27(25,26)20(2)3)19-17(22)15-9-6-13(21(23)24)10-16(15)18/h4-11H,1-3H3,(H,19,22). The zero-order chi connectivity index (χ0) is 20.4. The molecule has 27 heavy (non-hydrogen) atoms. The highest BCUT2D eigenvalue weighted by atomic mass is 35.5. The van der Waals surface area contributed by atoms with E-state index in [0.717, 1.165) is 10.4 Å². The summed E-state index contributed by atoms with van der Waals surface area (Å²) in [5, 5.41) is 13.4. The first-order valence-electron chi connectivity index (χ1n) is 7.81. The van der Waals surface area contributed by atoms with Crippen molar-refractivity contribution in [3.05, 3.63) is 68.7 Å². The Bertz CT molecular complexity index is 975. The van der Waals surface area contributed by atoms with Crippen LogP contribution in [0.1, 0.15) is 28.9 Å². The van der Waals surface area contributed by atoms with Gasteiger partial charge in [0.25, 0.3) is 11.6 Å². The van der Waals surface area contributed by atoms with E-state index >= 15 is 0 Å². The van der Waals surface area contributed by atoms with E-state index in [9.17, 15) is 23.3 Å². The van der Waals surface area contributed by atoms with Gasteiger partial charge in [-0.2, -0.15) is 0 Å². The van der Waals surface area contributed by atoms with E-state index in [0.29, 0.717) is 5.56 Å². The molecule has 144 valence electrons. The number of hydrogen-bond donors (Lipinski definition) is 1. The topological polar surface area (TPSA) is 110 Å². The van der Waals surface area contributed by atoms with Gasteiger partial charge in [-0.1, -0.05) is 23.7 Å². The minimum Gasteiger partial charge on any atom is -0.345 e. The second-order valence-corrected chi connectivity index (χ2v) is 8.53. The third-order valence-electron chi connectivity index (χ3n) is 3.91.